The average Bonchev–Trinajstić information content (AvgIpc) is 2.81. The lowest BCUT2D eigenvalue weighted by Gasteiger charge is -2.15. The fraction of sp³-hybridized carbons (Fsp3) is 0.385. The Morgan fingerprint density at radius 1 is 1.53 bits per heavy atom. The smallest absolute Gasteiger partial charge is 0.328 e. The van der Waals surface area contributed by atoms with Crippen molar-refractivity contribution < 1.29 is 14.7 Å². The maximum absolute atomic E-state index is 11.8. The summed E-state index contributed by atoms with van der Waals surface area (Å²) in [6.07, 6.45) is 5.19. The lowest BCUT2D eigenvalue weighted by Crippen LogP contribution is -2.25. The minimum Gasteiger partial charge on any atom is -0.478 e. The highest BCUT2D eigenvalue weighted by atomic mass is 32.2. The summed E-state index contributed by atoms with van der Waals surface area (Å²) in [5.74, 6) is 0.00252. The topological polar surface area (TPSA) is 57.6 Å². The van der Waals surface area contributed by atoms with Crippen molar-refractivity contribution in [1.82, 2.24) is 4.90 Å². The number of carboxylic acids is 1. The van der Waals surface area contributed by atoms with Gasteiger partial charge in [0, 0.05) is 30.2 Å². The van der Waals surface area contributed by atoms with Crippen molar-refractivity contribution in [2.24, 2.45) is 0 Å². The van der Waals surface area contributed by atoms with Gasteiger partial charge in [0.15, 0.2) is 0 Å². The maximum atomic E-state index is 11.8. The summed E-state index contributed by atoms with van der Waals surface area (Å²) in [6.45, 7) is 0.568. The summed E-state index contributed by atoms with van der Waals surface area (Å²) in [4.78, 5) is 24.9. The Kier molecular flexibility index (Phi) is 6.66. The minimum absolute atomic E-state index is 0.130. The molecule has 1 rings (SSSR count). The van der Waals surface area contributed by atoms with Gasteiger partial charge in [-0.3, -0.25) is 4.79 Å². The number of thioether (sulfide) groups is 1. The second-order valence-electron chi connectivity index (χ2n) is 4.01. The van der Waals surface area contributed by atoms with E-state index in [4.69, 9.17) is 5.11 Å². The van der Waals surface area contributed by atoms with Crippen LogP contribution in [0.15, 0.2) is 17.5 Å². The lowest BCUT2D eigenvalue weighted by molar-refractivity contribution is -0.131. The van der Waals surface area contributed by atoms with Crippen LogP contribution >= 0.6 is 23.1 Å². The monoisotopic (exact) mass is 299 g/mol. The van der Waals surface area contributed by atoms with Crippen LogP contribution in [0.1, 0.15) is 16.9 Å². The van der Waals surface area contributed by atoms with Crippen molar-refractivity contribution in [2.45, 2.75) is 13.0 Å². The molecular formula is C13H17NO3S2. The summed E-state index contributed by atoms with van der Waals surface area (Å²) in [5, 5.41) is 10.4. The molecule has 1 amide bonds. The van der Waals surface area contributed by atoms with E-state index in [0.29, 0.717) is 13.0 Å². The molecule has 0 saturated heterocycles. The van der Waals surface area contributed by atoms with Crippen LogP contribution in [0.4, 0.5) is 0 Å². The van der Waals surface area contributed by atoms with Crippen molar-refractivity contribution in [3.05, 3.63) is 28.0 Å². The van der Waals surface area contributed by atoms with Gasteiger partial charge in [0.2, 0.25) is 5.91 Å². The molecule has 0 aromatic carbocycles. The van der Waals surface area contributed by atoms with E-state index in [-0.39, 0.29) is 5.91 Å². The van der Waals surface area contributed by atoms with E-state index in [0.717, 1.165) is 22.3 Å². The summed E-state index contributed by atoms with van der Waals surface area (Å²) >= 11 is 3.18. The van der Waals surface area contributed by atoms with Crippen LogP contribution < -0.4 is 0 Å². The molecule has 6 heteroatoms. The maximum Gasteiger partial charge on any atom is 0.328 e. The molecule has 1 heterocycles. The van der Waals surface area contributed by atoms with Gasteiger partial charge in [0.05, 0.1) is 6.54 Å². The minimum atomic E-state index is -0.961. The molecule has 0 atom stereocenters. The van der Waals surface area contributed by atoms with Gasteiger partial charge in [0.25, 0.3) is 0 Å². The standard InChI is InChI=1S/C13H17NO3S2/c1-14(12(15)5-6-18-2)8-11-7-10(9-19-11)3-4-13(16)17/h3-4,7,9H,5-6,8H2,1-2H3,(H,16,17). The zero-order chi connectivity index (χ0) is 14.3. The molecule has 1 aromatic heterocycles. The molecule has 0 radical (unpaired) electrons. The number of carbonyl (C=O) groups is 2. The number of amides is 1. The second kappa shape index (κ2) is 8.01. The third-order valence-corrected chi connectivity index (χ3v) is 3.98. The summed E-state index contributed by atoms with van der Waals surface area (Å²) in [6, 6.07) is 1.91. The number of rotatable bonds is 7. The first-order valence-electron chi connectivity index (χ1n) is 5.74. The molecule has 19 heavy (non-hydrogen) atoms. The van der Waals surface area contributed by atoms with Crippen LogP contribution in [0.5, 0.6) is 0 Å². The fourth-order valence-electron chi connectivity index (χ4n) is 1.44. The molecule has 0 unspecified atom stereocenters. The number of hydrogen-bond acceptors (Lipinski definition) is 4. The zero-order valence-corrected chi connectivity index (χ0v) is 12.6. The first kappa shape index (κ1) is 15.8. The molecule has 0 saturated carbocycles. The van der Waals surface area contributed by atoms with Crippen LogP contribution in [0, 0.1) is 0 Å². The van der Waals surface area contributed by atoms with Gasteiger partial charge >= 0.3 is 5.97 Å². The first-order chi connectivity index (χ1) is 9.02. The number of thiophene rings is 1. The fourth-order valence-corrected chi connectivity index (χ4v) is 2.72. The molecule has 0 aliphatic carbocycles. The molecule has 4 nitrogen and oxygen atoms in total. The van der Waals surface area contributed by atoms with E-state index in [1.54, 1.807) is 29.8 Å². The van der Waals surface area contributed by atoms with E-state index in [2.05, 4.69) is 0 Å². The van der Waals surface area contributed by atoms with Gasteiger partial charge in [-0.2, -0.15) is 11.8 Å². The number of hydrogen-bond donors (Lipinski definition) is 1. The Hall–Kier alpha value is -1.27. The van der Waals surface area contributed by atoms with Gasteiger partial charge in [-0.25, -0.2) is 4.79 Å². The number of carboxylic acid groups (broad SMARTS) is 1. The van der Waals surface area contributed by atoms with E-state index >= 15 is 0 Å². The molecule has 0 aliphatic heterocycles. The third kappa shape index (κ3) is 5.94. The van der Waals surface area contributed by atoms with Crippen molar-refractivity contribution in [1.29, 1.82) is 0 Å². The van der Waals surface area contributed by atoms with Crippen molar-refractivity contribution in [3.63, 3.8) is 0 Å². The highest BCUT2D eigenvalue weighted by molar-refractivity contribution is 7.98. The van der Waals surface area contributed by atoms with E-state index in [1.807, 2.05) is 17.7 Å². The quantitative estimate of drug-likeness (QED) is 0.786. The summed E-state index contributed by atoms with van der Waals surface area (Å²) in [7, 11) is 1.79. The highest BCUT2D eigenvalue weighted by Gasteiger charge is 2.09. The van der Waals surface area contributed by atoms with Crippen molar-refractivity contribution in [3.8, 4) is 0 Å². The summed E-state index contributed by atoms with van der Waals surface area (Å²) in [5.41, 5.74) is 0.854. The Morgan fingerprint density at radius 2 is 2.26 bits per heavy atom. The number of aliphatic carboxylic acids is 1. The van der Waals surface area contributed by atoms with Crippen molar-refractivity contribution >= 4 is 41.1 Å². The van der Waals surface area contributed by atoms with E-state index < -0.39 is 5.97 Å². The molecule has 1 aromatic rings. The Labute approximate surface area is 121 Å². The molecule has 0 spiro atoms. The molecule has 1 N–H and O–H groups in total. The number of nitrogens with zero attached hydrogens (tertiary/aromatic N) is 1. The Morgan fingerprint density at radius 3 is 2.89 bits per heavy atom. The normalized spacial score (nSPS) is 10.8. The average molecular weight is 299 g/mol. The van der Waals surface area contributed by atoms with Gasteiger partial charge in [-0.15, -0.1) is 11.3 Å². The molecule has 0 fully saturated rings. The van der Waals surface area contributed by atoms with Crippen molar-refractivity contribution in [2.75, 3.05) is 19.1 Å². The van der Waals surface area contributed by atoms with Crippen LogP contribution in [0.2, 0.25) is 0 Å². The van der Waals surface area contributed by atoms with Gasteiger partial charge in [-0.1, -0.05) is 0 Å². The highest BCUT2D eigenvalue weighted by Crippen LogP contribution is 2.18. The predicted molar refractivity (Wildman–Crippen MR) is 80.5 cm³/mol. The number of carbonyl (C=O) groups excluding carboxylic acids is 1. The SMILES string of the molecule is CSCCC(=O)N(C)Cc1cc(C=CC(=O)O)cs1. The van der Waals surface area contributed by atoms with Crippen LogP contribution in [-0.4, -0.2) is 40.9 Å². The second-order valence-corrected chi connectivity index (χ2v) is 5.99. The zero-order valence-electron chi connectivity index (χ0n) is 11.0. The van der Waals surface area contributed by atoms with E-state index in [9.17, 15) is 9.59 Å². The Bertz CT molecular complexity index is 468. The van der Waals surface area contributed by atoms with Gasteiger partial charge in [-0.05, 0) is 29.3 Å². The largest absolute Gasteiger partial charge is 0.478 e. The van der Waals surface area contributed by atoms with Crippen LogP contribution in [-0.2, 0) is 16.1 Å². The van der Waals surface area contributed by atoms with Crippen LogP contribution in [0.25, 0.3) is 6.08 Å². The Balaban J connectivity index is 2.53. The van der Waals surface area contributed by atoms with Gasteiger partial charge < -0.3 is 10.0 Å². The predicted octanol–water partition coefficient (Wildman–Crippen LogP) is 2.56. The third-order valence-electron chi connectivity index (χ3n) is 2.43. The lowest BCUT2D eigenvalue weighted by atomic mass is 10.2. The van der Waals surface area contributed by atoms with Gasteiger partial charge in [0.1, 0.15) is 0 Å². The molecular weight excluding hydrogens is 282 g/mol. The summed E-state index contributed by atoms with van der Waals surface area (Å²) < 4.78 is 0. The molecule has 0 bridgehead atoms. The van der Waals surface area contributed by atoms with E-state index in [1.165, 1.54) is 11.3 Å². The molecule has 0 aliphatic rings. The first-order valence-corrected chi connectivity index (χ1v) is 8.01. The van der Waals surface area contributed by atoms with Crippen LogP contribution in [0.3, 0.4) is 0 Å². The molecule has 104 valence electrons.